The molecule has 0 atom stereocenters. The van der Waals surface area contributed by atoms with Crippen molar-refractivity contribution in [3.05, 3.63) is 53.5 Å². The van der Waals surface area contributed by atoms with Gasteiger partial charge >= 0.3 is 11.9 Å². The van der Waals surface area contributed by atoms with Crippen LogP contribution >= 0.6 is 0 Å². The maximum absolute atomic E-state index is 12.0. The van der Waals surface area contributed by atoms with E-state index in [1.54, 1.807) is 31.2 Å². The smallest absolute Gasteiger partial charge is 0.341 e. The highest BCUT2D eigenvalue weighted by atomic mass is 32.2. The molecule has 0 saturated carbocycles. The van der Waals surface area contributed by atoms with Gasteiger partial charge in [-0.25, -0.2) is 13.2 Å². The summed E-state index contributed by atoms with van der Waals surface area (Å²) in [6, 6.07) is 8.17. The van der Waals surface area contributed by atoms with Gasteiger partial charge in [-0.15, -0.1) is 0 Å². The number of hydrogen-bond donors (Lipinski definition) is 1. The molecule has 2 aromatic rings. The maximum Gasteiger partial charge on any atom is 0.341 e. The molecule has 31 heavy (non-hydrogen) atoms. The van der Waals surface area contributed by atoms with Gasteiger partial charge in [0.15, 0.2) is 5.76 Å². The molecule has 0 unspecified atom stereocenters. The first kappa shape index (κ1) is 22.5. The van der Waals surface area contributed by atoms with Crippen LogP contribution in [0.4, 0.5) is 0 Å². The average Bonchev–Trinajstić information content (AvgIpc) is 3.32. The van der Waals surface area contributed by atoms with Crippen molar-refractivity contribution in [2.75, 3.05) is 13.2 Å². The van der Waals surface area contributed by atoms with E-state index in [0.29, 0.717) is 30.8 Å². The van der Waals surface area contributed by atoms with Crippen molar-refractivity contribution in [3.63, 3.8) is 0 Å². The average molecular weight is 448 g/mol. The molecule has 2 heterocycles. The quantitative estimate of drug-likeness (QED) is 0.438. The van der Waals surface area contributed by atoms with E-state index < -0.39 is 22.0 Å². The molecule has 1 N–H and O–H groups in total. The third-order valence-corrected chi connectivity index (χ3v) is 5.97. The Balaban J connectivity index is 1.37. The van der Waals surface area contributed by atoms with Gasteiger partial charge in [-0.2, -0.15) is 0 Å². The SMILES string of the molecule is CCOC(=O)c1ccoc1COC(=O)CCCCCN=C1NS(=O)(=O)c2ccccc21. The summed E-state index contributed by atoms with van der Waals surface area (Å²) in [4.78, 5) is 28.3. The van der Waals surface area contributed by atoms with Crippen molar-refractivity contribution < 1.29 is 31.9 Å². The zero-order valence-corrected chi connectivity index (χ0v) is 17.9. The van der Waals surface area contributed by atoms with Crippen LogP contribution in [-0.4, -0.2) is 39.3 Å². The number of nitrogens with zero attached hydrogens (tertiary/aromatic N) is 1. The van der Waals surface area contributed by atoms with Crippen LogP contribution < -0.4 is 4.72 Å². The fourth-order valence-electron chi connectivity index (χ4n) is 3.06. The van der Waals surface area contributed by atoms with Crippen LogP contribution in [0.3, 0.4) is 0 Å². The molecule has 0 fully saturated rings. The fourth-order valence-corrected chi connectivity index (χ4v) is 4.31. The van der Waals surface area contributed by atoms with E-state index >= 15 is 0 Å². The number of hydrogen-bond acceptors (Lipinski definition) is 8. The lowest BCUT2D eigenvalue weighted by Crippen LogP contribution is -2.22. The van der Waals surface area contributed by atoms with Crippen LogP contribution in [0.2, 0.25) is 0 Å². The van der Waals surface area contributed by atoms with E-state index in [-0.39, 0.29) is 35.9 Å². The molecule has 9 nitrogen and oxygen atoms in total. The Bertz CT molecular complexity index is 1070. The van der Waals surface area contributed by atoms with Crippen LogP contribution in [0, 0.1) is 0 Å². The minimum atomic E-state index is -3.53. The molecule has 1 aliphatic heterocycles. The number of benzene rings is 1. The largest absolute Gasteiger partial charge is 0.465 e. The third-order valence-electron chi connectivity index (χ3n) is 4.58. The van der Waals surface area contributed by atoms with Crippen LogP contribution in [0.15, 0.2) is 50.9 Å². The van der Waals surface area contributed by atoms with Gasteiger partial charge in [0, 0.05) is 18.5 Å². The zero-order valence-electron chi connectivity index (χ0n) is 17.1. The van der Waals surface area contributed by atoms with Crippen molar-refractivity contribution in [1.82, 2.24) is 4.72 Å². The Morgan fingerprint density at radius 2 is 1.90 bits per heavy atom. The maximum atomic E-state index is 12.0. The van der Waals surface area contributed by atoms with Gasteiger partial charge in [0.1, 0.15) is 18.0 Å². The van der Waals surface area contributed by atoms with Crippen molar-refractivity contribution in [1.29, 1.82) is 0 Å². The molecule has 0 amide bonds. The number of furan rings is 1. The summed E-state index contributed by atoms with van der Waals surface area (Å²) in [5.41, 5.74) is 0.823. The van der Waals surface area contributed by atoms with Crippen LogP contribution in [0.25, 0.3) is 0 Å². The second kappa shape index (κ2) is 10.3. The van der Waals surface area contributed by atoms with E-state index in [4.69, 9.17) is 13.9 Å². The number of amidine groups is 1. The molecule has 0 spiro atoms. The molecule has 10 heteroatoms. The van der Waals surface area contributed by atoms with Gasteiger partial charge in [0.05, 0.1) is 17.8 Å². The fraction of sp³-hybridized carbons (Fsp3) is 0.381. The third kappa shape index (κ3) is 5.72. The highest BCUT2D eigenvalue weighted by Crippen LogP contribution is 2.22. The Morgan fingerprint density at radius 1 is 1.10 bits per heavy atom. The van der Waals surface area contributed by atoms with Crippen molar-refractivity contribution in [3.8, 4) is 0 Å². The number of ether oxygens (including phenoxy) is 2. The Labute approximate surface area is 180 Å². The number of nitrogens with one attached hydrogen (secondary N) is 1. The van der Waals surface area contributed by atoms with Gasteiger partial charge < -0.3 is 13.9 Å². The van der Waals surface area contributed by atoms with E-state index in [1.807, 2.05) is 0 Å². The number of fused-ring (bicyclic) bond motifs is 1. The molecule has 166 valence electrons. The highest BCUT2D eigenvalue weighted by molar-refractivity contribution is 7.90. The number of rotatable bonds is 10. The molecule has 1 aliphatic rings. The number of aliphatic imine (C=N–C) groups is 1. The van der Waals surface area contributed by atoms with E-state index in [1.165, 1.54) is 12.3 Å². The minimum Gasteiger partial charge on any atom is -0.465 e. The number of sulfonamides is 1. The lowest BCUT2D eigenvalue weighted by Gasteiger charge is -2.05. The number of esters is 2. The summed E-state index contributed by atoms with van der Waals surface area (Å²) in [5, 5.41) is 0. The lowest BCUT2D eigenvalue weighted by atomic mass is 10.2. The predicted octanol–water partition coefficient (Wildman–Crippen LogP) is 2.80. The molecule has 1 aromatic carbocycles. The molecule has 0 radical (unpaired) electrons. The summed E-state index contributed by atoms with van der Waals surface area (Å²) < 4.78 is 41.8. The molecular weight excluding hydrogens is 424 g/mol. The van der Waals surface area contributed by atoms with Crippen LogP contribution in [-0.2, 0) is 30.9 Å². The number of unbranched alkanes of at least 4 members (excludes halogenated alkanes) is 2. The van der Waals surface area contributed by atoms with E-state index in [2.05, 4.69) is 9.71 Å². The number of carbonyl (C=O) groups excluding carboxylic acids is 2. The normalized spacial score (nSPS) is 15.3. The Kier molecular flexibility index (Phi) is 7.45. The number of carbonyl (C=O) groups is 2. The van der Waals surface area contributed by atoms with E-state index in [9.17, 15) is 18.0 Å². The van der Waals surface area contributed by atoms with E-state index in [0.717, 1.165) is 6.42 Å². The van der Waals surface area contributed by atoms with Gasteiger partial charge in [-0.3, -0.25) is 14.5 Å². The Morgan fingerprint density at radius 3 is 2.71 bits per heavy atom. The van der Waals surface area contributed by atoms with Crippen LogP contribution in [0.1, 0.15) is 54.3 Å². The predicted molar refractivity (Wildman–Crippen MR) is 111 cm³/mol. The van der Waals surface area contributed by atoms with Gasteiger partial charge in [-0.05, 0) is 38.0 Å². The Hall–Kier alpha value is -3.14. The molecule has 0 bridgehead atoms. The summed E-state index contributed by atoms with van der Waals surface area (Å²) in [7, 11) is -3.53. The monoisotopic (exact) mass is 448 g/mol. The van der Waals surface area contributed by atoms with Crippen LogP contribution in [0.5, 0.6) is 0 Å². The molecule has 3 rings (SSSR count). The molecular formula is C21H24N2O7S. The first-order valence-corrected chi connectivity index (χ1v) is 11.5. The van der Waals surface area contributed by atoms with Crippen molar-refractivity contribution in [2.45, 2.75) is 44.1 Å². The molecule has 0 saturated heterocycles. The minimum absolute atomic E-state index is 0.132. The first-order chi connectivity index (χ1) is 14.9. The lowest BCUT2D eigenvalue weighted by molar-refractivity contribution is -0.145. The van der Waals surface area contributed by atoms with Gasteiger partial charge in [0.2, 0.25) is 0 Å². The highest BCUT2D eigenvalue weighted by Gasteiger charge is 2.29. The summed E-state index contributed by atoms with van der Waals surface area (Å²) in [5.74, 6) is -0.307. The standard InChI is InChI=1S/C21H24N2O7S/c1-2-28-21(25)15-11-13-29-17(15)14-30-19(24)10-4-3-7-12-22-20-16-8-5-6-9-18(16)31(26,27)23-20/h5-6,8-9,11,13H,2-4,7,10,12,14H2,1H3,(H,22,23). The van der Waals surface area contributed by atoms with Gasteiger partial charge in [-0.1, -0.05) is 18.6 Å². The second-order valence-electron chi connectivity index (χ2n) is 6.78. The molecule has 1 aromatic heterocycles. The zero-order chi connectivity index (χ0) is 22.3. The summed E-state index contributed by atoms with van der Waals surface area (Å²) >= 11 is 0. The topological polar surface area (TPSA) is 124 Å². The summed E-state index contributed by atoms with van der Waals surface area (Å²) in [6.07, 6.45) is 3.61. The van der Waals surface area contributed by atoms with Gasteiger partial charge in [0.25, 0.3) is 10.0 Å². The second-order valence-corrected chi connectivity index (χ2v) is 8.43. The van der Waals surface area contributed by atoms with Crippen molar-refractivity contribution in [2.24, 2.45) is 4.99 Å². The first-order valence-electron chi connectivity index (χ1n) is 9.98. The van der Waals surface area contributed by atoms with Crippen molar-refractivity contribution >= 4 is 27.8 Å². The molecule has 0 aliphatic carbocycles. The summed E-state index contributed by atoms with van der Waals surface area (Å²) in [6.45, 7) is 2.26.